The van der Waals surface area contributed by atoms with E-state index in [1.807, 2.05) is 31.2 Å². The Morgan fingerprint density at radius 1 is 1.06 bits per heavy atom. The number of carbonyl (C=O) groups excluding carboxylic acids is 1. The van der Waals surface area contributed by atoms with Gasteiger partial charge in [0.15, 0.2) is 0 Å². The minimum atomic E-state index is -0.504. The van der Waals surface area contributed by atoms with Crippen LogP contribution in [0, 0.1) is 10.1 Å². The smallest absolute Gasteiger partial charge is 0.271 e. The van der Waals surface area contributed by atoms with Gasteiger partial charge in [-0.2, -0.15) is 0 Å². The average molecular weight is 459 g/mol. The SMILES string of the molecule is COc1ccc(OCCN2CCN([C@H](C)C(=O)Nc3cc([N+](=O)[O-])ccc3OC)CC2)cc1. The number of rotatable bonds is 10. The lowest BCUT2D eigenvalue weighted by atomic mass is 10.2. The first-order valence-corrected chi connectivity index (χ1v) is 10.8. The minimum absolute atomic E-state index is 0.107. The van der Waals surface area contributed by atoms with Crippen molar-refractivity contribution in [1.29, 1.82) is 0 Å². The maximum absolute atomic E-state index is 12.8. The molecule has 1 saturated heterocycles. The molecule has 1 aliphatic heterocycles. The summed E-state index contributed by atoms with van der Waals surface area (Å²) in [5.41, 5.74) is 0.182. The number of nitrogens with one attached hydrogen (secondary N) is 1. The van der Waals surface area contributed by atoms with Gasteiger partial charge in [0.1, 0.15) is 23.9 Å². The van der Waals surface area contributed by atoms with Crippen LogP contribution in [0.5, 0.6) is 17.2 Å². The number of hydrogen-bond acceptors (Lipinski definition) is 8. The van der Waals surface area contributed by atoms with Gasteiger partial charge in [-0.05, 0) is 37.3 Å². The number of amides is 1. The van der Waals surface area contributed by atoms with Crippen molar-refractivity contribution in [3.63, 3.8) is 0 Å². The van der Waals surface area contributed by atoms with Crippen molar-refractivity contribution in [2.45, 2.75) is 13.0 Å². The van der Waals surface area contributed by atoms with Crippen LogP contribution in [0.1, 0.15) is 6.92 Å². The van der Waals surface area contributed by atoms with E-state index < -0.39 is 4.92 Å². The van der Waals surface area contributed by atoms with Crippen LogP contribution in [-0.2, 0) is 4.79 Å². The van der Waals surface area contributed by atoms with Gasteiger partial charge in [0, 0.05) is 44.9 Å². The molecular formula is C23H30N4O6. The summed E-state index contributed by atoms with van der Waals surface area (Å²) in [6.07, 6.45) is 0. The highest BCUT2D eigenvalue weighted by Gasteiger charge is 2.26. The molecule has 0 aromatic heterocycles. The van der Waals surface area contributed by atoms with Crippen LogP contribution in [0.4, 0.5) is 11.4 Å². The summed E-state index contributed by atoms with van der Waals surface area (Å²) in [5.74, 6) is 1.74. The van der Waals surface area contributed by atoms with Crippen molar-refractivity contribution in [2.24, 2.45) is 0 Å². The first-order valence-electron chi connectivity index (χ1n) is 10.8. The number of nitro groups is 1. The number of nitrogens with zero attached hydrogens (tertiary/aromatic N) is 3. The van der Waals surface area contributed by atoms with Gasteiger partial charge in [0.2, 0.25) is 5.91 Å². The Bertz CT molecular complexity index is 944. The highest BCUT2D eigenvalue weighted by atomic mass is 16.6. The van der Waals surface area contributed by atoms with Crippen molar-refractivity contribution in [3.8, 4) is 17.2 Å². The summed E-state index contributed by atoms with van der Waals surface area (Å²) >= 11 is 0. The van der Waals surface area contributed by atoms with E-state index in [0.717, 1.165) is 44.2 Å². The van der Waals surface area contributed by atoms with Crippen molar-refractivity contribution in [2.75, 3.05) is 58.9 Å². The molecule has 0 aliphatic carbocycles. The number of anilines is 1. The molecule has 1 fully saturated rings. The third-order valence-corrected chi connectivity index (χ3v) is 5.72. The van der Waals surface area contributed by atoms with E-state index >= 15 is 0 Å². The monoisotopic (exact) mass is 458 g/mol. The van der Waals surface area contributed by atoms with Gasteiger partial charge in [0.05, 0.1) is 30.9 Å². The number of carbonyl (C=O) groups is 1. The molecule has 0 spiro atoms. The van der Waals surface area contributed by atoms with Gasteiger partial charge in [-0.1, -0.05) is 0 Å². The van der Waals surface area contributed by atoms with Crippen LogP contribution in [0.25, 0.3) is 0 Å². The molecule has 1 aliphatic rings. The van der Waals surface area contributed by atoms with E-state index in [1.54, 1.807) is 7.11 Å². The maximum atomic E-state index is 12.8. The summed E-state index contributed by atoms with van der Waals surface area (Å²) < 4.78 is 16.2. The molecule has 0 bridgehead atoms. The largest absolute Gasteiger partial charge is 0.497 e. The third kappa shape index (κ3) is 6.56. The van der Waals surface area contributed by atoms with Crippen molar-refractivity contribution < 1.29 is 23.9 Å². The lowest BCUT2D eigenvalue weighted by molar-refractivity contribution is -0.384. The molecule has 178 valence electrons. The molecule has 33 heavy (non-hydrogen) atoms. The second-order valence-corrected chi connectivity index (χ2v) is 7.71. The highest BCUT2D eigenvalue weighted by molar-refractivity contribution is 5.96. The molecule has 1 heterocycles. The summed E-state index contributed by atoms with van der Waals surface area (Å²) in [7, 11) is 3.09. The molecule has 3 rings (SSSR count). The molecule has 0 radical (unpaired) electrons. The van der Waals surface area contributed by atoms with E-state index in [1.165, 1.54) is 25.3 Å². The number of benzene rings is 2. The first-order chi connectivity index (χ1) is 15.9. The van der Waals surface area contributed by atoms with Crippen molar-refractivity contribution in [3.05, 3.63) is 52.6 Å². The lowest BCUT2D eigenvalue weighted by Gasteiger charge is -2.37. The summed E-state index contributed by atoms with van der Waals surface area (Å²) in [6.45, 7) is 6.34. The Hall–Kier alpha value is -3.37. The maximum Gasteiger partial charge on any atom is 0.271 e. The summed E-state index contributed by atoms with van der Waals surface area (Å²) in [5, 5.41) is 13.8. The van der Waals surface area contributed by atoms with Crippen molar-refractivity contribution >= 4 is 17.3 Å². The first kappa shape index (κ1) is 24.3. The number of ether oxygens (including phenoxy) is 3. The molecule has 1 amide bonds. The van der Waals surface area contributed by atoms with Crippen molar-refractivity contribution in [1.82, 2.24) is 9.80 Å². The number of nitro benzene ring substituents is 1. The zero-order chi connectivity index (χ0) is 23.8. The van der Waals surface area contributed by atoms with Crippen LogP contribution >= 0.6 is 0 Å². The molecular weight excluding hydrogens is 428 g/mol. The Labute approximate surface area is 193 Å². The van der Waals surface area contributed by atoms with Gasteiger partial charge in [-0.15, -0.1) is 0 Å². The van der Waals surface area contributed by atoms with Crippen LogP contribution in [0.15, 0.2) is 42.5 Å². The van der Waals surface area contributed by atoms with Crippen LogP contribution in [-0.4, -0.2) is 80.2 Å². The molecule has 10 nitrogen and oxygen atoms in total. The number of methoxy groups -OCH3 is 2. The fourth-order valence-electron chi connectivity index (χ4n) is 3.65. The Morgan fingerprint density at radius 3 is 2.33 bits per heavy atom. The molecule has 2 aromatic carbocycles. The number of hydrogen-bond donors (Lipinski definition) is 1. The molecule has 2 aromatic rings. The second kappa shape index (κ2) is 11.5. The van der Waals surface area contributed by atoms with E-state index in [2.05, 4.69) is 15.1 Å². The molecule has 1 N–H and O–H groups in total. The second-order valence-electron chi connectivity index (χ2n) is 7.71. The molecule has 10 heteroatoms. The zero-order valence-electron chi connectivity index (χ0n) is 19.2. The summed E-state index contributed by atoms with van der Waals surface area (Å²) in [4.78, 5) is 27.7. The van der Waals surface area contributed by atoms with Gasteiger partial charge >= 0.3 is 0 Å². The quantitative estimate of drug-likeness (QED) is 0.428. The van der Waals surface area contributed by atoms with Crippen LogP contribution in [0.3, 0.4) is 0 Å². The standard InChI is InChI=1S/C23H30N4O6/c1-17(23(28)24-21-16-18(27(29)30)4-9-22(21)32-3)26-12-10-25(11-13-26)14-15-33-20-7-5-19(31-2)6-8-20/h4-9,16-17H,10-15H2,1-3H3,(H,24,28)/t17-/m1/s1. The molecule has 0 unspecified atom stereocenters. The predicted molar refractivity (Wildman–Crippen MR) is 124 cm³/mol. The van der Waals surface area contributed by atoms with Gasteiger partial charge in [0.25, 0.3) is 5.69 Å². The Balaban J connectivity index is 1.45. The Morgan fingerprint density at radius 2 is 1.73 bits per heavy atom. The normalized spacial score (nSPS) is 15.5. The topological polar surface area (TPSA) is 106 Å². The Kier molecular flexibility index (Phi) is 8.45. The molecule has 1 atom stereocenters. The van der Waals surface area contributed by atoms with Gasteiger partial charge < -0.3 is 19.5 Å². The van der Waals surface area contributed by atoms with Crippen LogP contribution < -0.4 is 19.5 Å². The predicted octanol–water partition coefficient (Wildman–Crippen LogP) is 2.64. The van der Waals surface area contributed by atoms with Gasteiger partial charge in [-0.3, -0.25) is 24.7 Å². The fourth-order valence-corrected chi connectivity index (χ4v) is 3.65. The third-order valence-electron chi connectivity index (χ3n) is 5.72. The number of non-ortho nitro benzene ring substituents is 1. The average Bonchev–Trinajstić information content (AvgIpc) is 2.84. The van der Waals surface area contributed by atoms with E-state index in [0.29, 0.717) is 12.4 Å². The fraction of sp³-hybridized carbons (Fsp3) is 0.435. The molecule has 0 saturated carbocycles. The van der Waals surface area contributed by atoms with Gasteiger partial charge in [-0.25, -0.2) is 0 Å². The van der Waals surface area contributed by atoms with E-state index in [4.69, 9.17) is 14.2 Å². The van der Waals surface area contributed by atoms with E-state index in [-0.39, 0.29) is 23.3 Å². The van der Waals surface area contributed by atoms with Crippen LogP contribution in [0.2, 0.25) is 0 Å². The summed E-state index contributed by atoms with van der Waals surface area (Å²) in [6, 6.07) is 11.2. The zero-order valence-corrected chi connectivity index (χ0v) is 19.2. The number of piperazine rings is 1. The lowest BCUT2D eigenvalue weighted by Crippen LogP contribution is -2.53. The minimum Gasteiger partial charge on any atom is -0.497 e. The van der Waals surface area contributed by atoms with E-state index in [9.17, 15) is 14.9 Å². The highest BCUT2D eigenvalue weighted by Crippen LogP contribution is 2.29.